The number of hydrogen-bond acceptors (Lipinski definition) is 3. The van der Waals surface area contributed by atoms with E-state index in [-0.39, 0.29) is 17.6 Å². The number of nitrogens with one attached hydrogen (secondary N) is 1. The van der Waals surface area contributed by atoms with E-state index in [0.29, 0.717) is 32.4 Å². The van der Waals surface area contributed by atoms with Crippen LogP contribution in [-0.4, -0.2) is 37.5 Å². The van der Waals surface area contributed by atoms with Gasteiger partial charge in [-0.3, -0.25) is 4.79 Å². The van der Waals surface area contributed by atoms with Gasteiger partial charge >= 0.3 is 0 Å². The van der Waals surface area contributed by atoms with Crippen LogP contribution in [0.15, 0.2) is 18.2 Å². The minimum atomic E-state index is -3.15. The van der Waals surface area contributed by atoms with Crippen molar-refractivity contribution in [2.24, 2.45) is 5.92 Å². The van der Waals surface area contributed by atoms with Crippen molar-refractivity contribution < 1.29 is 13.2 Å². The third-order valence-corrected chi connectivity index (χ3v) is 6.41. The van der Waals surface area contributed by atoms with Crippen molar-refractivity contribution in [3.8, 4) is 0 Å². The second-order valence-corrected chi connectivity index (χ2v) is 8.39. The molecule has 2 rings (SSSR count). The van der Waals surface area contributed by atoms with Crippen molar-refractivity contribution in [3.63, 3.8) is 0 Å². The Balaban J connectivity index is 1.95. The van der Waals surface area contributed by atoms with E-state index in [1.54, 1.807) is 0 Å². The van der Waals surface area contributed by atoms with Gasteiger partial charge in [-0.2, -0.15) is 0 Å². The maximum absolute atomic E-state index is 12.4. The number of rotatable bonds is 5. The minimum Gasteiger partial charge on any atom is -0.326 e. The van der Waals surface area contributed by atoms with Gasteiger partial charge in [-0.25, -0.2) is 12.7 Å². The first-order valence-electron chi connectivity index (χ1n) is 8.19. The molecule has 0 aliphatic carbocycles. The fourth-order valence-electron chi connectivity index (χ4n) is 2.89. The number of hydrogen-bond donors (Lipinski definition) is 1. The Kier molecular flexibility index (Phi) is 5.81. The van der Waals surface area contributed by atoms with E-state index in [0.717, 1.165) is 16.8 Å². The van der Waals surface area contributed by atoms with Crippen LogP contribution < -0.4 is 5.32 Å². The molecule has 1 fully saturated rings. The SMILES string of the molecule is CCCS(=O)(=O)N1CCC(C(=O)Nc2cc(C)ccc2C)CC1. The molecule has 5 nitrogen and oxygen atoms in total. The quantitative estimate of drug-likeness (QED) is 0.897. The molecule has 1 aliphatic heterocycles. The van der Waals surface area contributed by atoms with Crippen LogP contribution in [-0.2, 0) is 14.8 Å². The molecule has 1 amide bonds. The molecule has 0 saturated carbocycles. The Labute approximate surface area is 139 Å². The summed E-state index contributed by atoms with van der Waals surface area (Å²) < 4.78 is 25.6. The largest absolute Gasteiger partial charge is 0.326 e. The van der Waals surface area contributed by atoms with Gasteiger partial charge in [0, 0.05) is 24.7 Å². The Hall–Kier alpha value is -1.40. The highest BCUT2D eigenvalue weighted by atomic mass is 32.2. The molecule has 6 heteroatoms. The Morgan fingerprint density at radius 2 is 1.91 bits per heavy atom. The third kappa shape index (κ3) is 4.54. The van der Waals surface area contributed by atoms with Crippen molar-refractivity contribution >= 4 is 21.6 Å². The standard InChI is InChI=1S/C17H26N2O3S/c1-4-11-23(21,22)19-9-7-15(8-10-19)17(20)18-16-12-13(2)5-6-14(16)3/h5-6,12,15H,4,7-11H2,1-3H3,(H,18,20). The molecular weight excluding hydrogens is 312 g/mol. The van der Waals surface area contributed by atoms with Crippen LogP contribution in [0.5, 0.6) is 0 Å². The Bertz CT molecular complexity index is 662. The van der Waals surface area contributed by atoms with E-state index < -0.39 is 10.0 Å². The smallest absolute Gasteiger partial charge is 0.227 e. The number of amides is 1. The summed E-state index contributed by atoms with van der Waals surface area (Å²) in [4.78, 5) is 12.4. The molecule has 1 aliphatic rings. The average molecular weight is 338 g/mol. The van der Waals surface area contributed by atoms with Crippen LogP contribution in [0.25, 0.3) is 0 Å². The topological polar surface area (TPSA) is 66.5 Å². The fraction of sp³-hybridized carbons (Fsp3) is 0.588. The lowest BCUT2D eigenvalue weighted by Gasteiger charge is -2.30. The first kappa shape index (κ1) is 17.9. The van der Waals surface area contributed by atoms with Crippen LogP contribution in [0.4, 0.5) is 5.69 Å². The summed E-state index contributed by atoms with van der Waals surface area (Å²) in [5.74, 6) is 0.0565. The predicted octanol–water partition coefficient (Wildman–Crippen LogP) is 2.69. The van der Waals surface area contributed by atoms with Crippen LogP contribution in [0.3, 0.4) is 0 Å². The van der Waals surface area contributed by atoms with Crippen molar-refractivity contribution in [2.45, 2.75) is 40.0 Å². The Morgan fingerprint density at radius 3 is 2.52 bits per heavy atom. The summed E-state index contributed by atoms with van der Waals surface area (Å²) >= 11 is 0. The zero-order chi connectivity index (χ0) is 17.0. The van der Waals surface area contributed by atoms with Gasteiger partial charge < -0.3 is 5.32 Å². The lowest BCUT2D eigenvalue weighted by molar-refractivity contribution is -0.120. The van der Waals surface area contributed by atoms with E-state index in [2.05, 4.69) is 5.32 Å². The van der Waals surface area contributed by atoms with Gasteiger partial charge in [0.05, 0.1) is 5.75 Å². The summed E-state index contributed by atoms with van der Waals surface area (Å²) in [6.07, 6.45) is 1.79. The van der Waals surface area contributed by atoms with E-state index in [1.807, 2.05) is 39.0 Å². The van der Waals surface area contributed by atoms with E-state index >= 15 is 0 Å². The molecule has 0 atom stereocenters. The van der Waals surface area contributed by atoms with Crippen molar-refractivity contribution in [1.29, 1.82) is 0 Å². The molecule has 1 saturated heterocycles. The monoisotopic (exact) mass is 338 g/mol. The molecular formula is C17H26N2O3S. The number of anilines is 1. The lowest BCUT2D eigenvalue weighted by Crippen LogP contribution is -2.42. The van der Waals surface area contributed by atoms with Crippen molar-refractivity contribution in [1.82, 2.24) is 4.31 Å². The lowest BCUT2D eigenvalue weighted by atomic mass is 9.97. The number of benzene rings is 1. The average Bonchev–Trinajstić information content (AvgIpc) is 2.51. The van der Waals surface area contributed by atoms with Gasteiger partial charge in [-0.05, 0) is 50.3 Å². The first-order valence-corrected chi connectivity index (χ1v) is 9.80. The molecule has 0 bridgehead atoms. The van der Waals surface area contributed by atoms with E-state index in [1.165, 1.54) is 4.31 Å². The molecule has 0 aromatic heterocycles. The zero-order valence-electron chi connectivity index (χ0n) is 14.1. The van der Waals surface area contributed by atoms with E-state index in [4.69, 9.17) is 0 Å². The number of piperidine rings is 1. The first-order chi connectivity index (χ1) is 10.8. The minimum absolute atomic E-state index is 0.00811. The van der Waals surface area contributed by atoms with Crippen molar-refractivity contribution in [2.75, 3.05) is 24.2 Å². The predicted molar refractivity (Wildman–Crippen MR) is 92.9 cm³/mol. The van der Waals surface area contributed by atoms with Gasteiger partial charge in [-0.15, -0.1) is 0 Å². The molecule has 1 aromatic carbocycles. The summed E-state index contributed by atoms with van der Waals surface area (Å²) in [7, 11) is -3.15. The molecule has 23 heavy (non-hydrogen) atoms. The maximum atomic E-state index is 12.4. The van der Waals surface area contributed by atoms with Gasteiger partial charge in [0.2, 0.25) is 15.9 Å². The summed E-state index contributed by atoms with van der Waals surface area (Å²) in [5.41, 5.74) is 2.98. The van der Waals surface area contributed by atoms with Crippen LogP contribution >= 0.6 is 0 Å². The normalized spacial score (nSPS) is 17.2. The molecule has 128 valence electrons. The number of sulfonamides is 1. The highest BCUT2D eigenvalue weighted by Crippen LogP contribution is 2.23. The summed E-state index contributed by atoms with van der Waals surface area (Å²) in [6, 6.07) is 5.97. The third-order valence-electron chi connectivity index (χ3n) is 4.33. The highest BCUT2D eigenvalue weighted by Gasteiger charge is 2.30. The van der Waals surface area contributed by atoms with Gasteiger partial charge in [0.1, 0.15) is 0 Å². The fourth-order valence-corrected chi connectivity index (χ4v) is 4.43. The van der Waals surface area contributed by atoms with Gasteiger partial charge in [0.15, 0.2) is 0 Å². The molecule has 1 aromatic rings. The number of carbonyl (C=O) groups is 1. The zero-order valence-corrected chi connectivity index (χ0v) is 14.9. The molecule has 0 radical (unpaired) electrons. The summed E-state index contributed by atoms with van der Waals surface area (Å²) in [6.45, 7) is 6.70. The Morgan fingerprint density at radius 1 is 1.26 bits per heavy atom. The van der Waals surface area contributed by atoms with E-state index in [9.17, 15) is 13.2 Å². The molecule has 1 heterocycles. The maximum Gasteiger partial charge on any atom is 0.227 e. The van der Waals surface area contributed by atoms with Gasteiger partial charge in [0.25, 0.3) is 0 Å². The second-order valence-electron chi connectivity index (χ2n) is 6.30. The number of nitrogens with zero attached hydrogens (tertiary/aromatic N) is 1. The number of carbonyl (C=O) groups excluding carboxylic acids is 1. The van der Waals surface area contributed by atoms with Crippen molar-refractivity contribution in [3.05, 3.63) is 29.3 Å². The summed E-state index contributed by atoms with van der Waals surface area (Å²) in [5, 5.41) is 2.99. The highest BCUT2D eigenvalue weighted by molar-refractivity contribution is 7.89. The van der Waals surface area contributed by atoms with Gasteiger partial charge in [-0.1, -0.05) is 19.1 Å². The number of aryl methyl sites for hydroxylation is 2. The molecule has 0 unspecified atom stereocenters. The second kappa shape index (κ2) is 7.45. The van der Waals surface area contributed by atoms with Crippen LogP contribution in [0.2, 0.25) is 0 Å². The van der Waals surface area contributed by atoms with Crippen LogP contribution in [0, 0.1) is 19.8 Å². The molecule has 0 spiro atoms. The van der Waals surface area contributed by atoms with Crippen LogP contribution in [0.1, 0.15) is 37.3 Å². The molecule has 1 N–H and O–H groups in total.